The number of alkyl carbamates (subject to hydrolysis) is 1. The number of carbonyl (C=O) groups excluding carboxylic acids is 1. The topological polar surface area (TPSA) is 69.7 Å². The van der Waals surface area contributed by atoms with Crippen LogP contribution >= 0.6 is 0 Å². The van der Waals surface area contributed by atoms with Crippen LogP contribution in [0.2, 0.25) is 0 Å². The Morgan fingerprint density at radius 3 is 2.74 bits per heavy atom. The molecule has 0 spiro atoms. The van der Waals surface area contributed by atoms with E-state index < -0.39 is 17.2 Å². The molecule has 2 aliphatic rings. The van der Waals surface area contributed by atoms with Gasteiger partial charge in [0.25, 0.3) is 0 Å². The summed E-state index contributed by atoms with van der Waals surface area (Å²) in [7, 11) is 0. The fraction of sp³-hybridized carbons (Fsp3) is 0.714. The lowest BCUT2D eigenvalue weighted by Crippen LogP contribution is -2.41. The molecule has 6 heteroatoms. The Hall–Kier alpha value is -1.66. The van der Waals surface area contributed by atoms with Crippen LogP contribution in [0.5, 0.6) is 0 Å². The third-order valence-corrected chi connectivity index (χ3v) is 5.26. The summed E-state index contributed by atoms with van der Waals surface area (Å²) in [6.45, 7) is 10.9. The fourth-order valence-electron chi connectivity index (χ4n) is 3.49. The Morgan fingerprint density at radius 1 is 1.33 bits per heavy atom. The van der Waals surface area contributed by atoms with Crippen molar-refractivity contribution >= 4 is 6.09 Å². The van der Waals surface area contributed by atoms with Crippen molar-refractivity contribution in [2.45, 2.75) is 77.7 Å². The van der Waals surface area contributed by atoms with E-state index in [1.807, 2.05) is 40.7 Å². The maximum Gasteiger partial charge on any atom is 0.408 e. The molecule has 1 amide bonds. The van der Waals surface area contributed by atoms with Crippen molar-refractivity contribution in [1.29, 1.82) is 0 Å². The number of amides is 1. The van der Waals surface area contributed by atoms with Crippen molar-refractivity contribution in [2.75, 3.05) is 13.2 Å². The summed E-state index contributed by atoms with van der Waals surface area (Å²) in [5.74, 6) is 0.158. The molecule has 0 bridgehead atoms. The molecule has 3 rings (SSSR count). The highest BCUT2D eigenvalue weighted by atomic mass is 16.7. The number of ether oxygens (including phenoxy) is 3. The summed E-state index contributed by atoms with van der Waals surface area (Å²) in [5.41, 5.74) is 1.90. The average Bonchev–Trinajstić information content (AvgIpc) is 3.28. The van der Waals surface area contributed by atoms with Gasteiger partial charge in [0.05, 0.1) is 17.8 Å². The molecular formula is C21H32N2O4. The summed E-state index contributed by atoms with van der Waals surface area (Å²) in [6, 6.07) is 4.05. The van der Waals surface area contributed by atoms with Crippen LogP contribution in [0, 0.1) is 19.8 Å². The molecule has 2 fully saturated rings. The Balaban J connectivity index is 1.72. The largest absolute Gasteiger partial charge is 0.444 e. The zero-order valence-corrected chi connectivity index (χ0v) is 17.1. The quantitative estimate of drug-likeness (QED) is 0.842. The number of pyridine rings is 1. The number of hydrogen-bond donors (Lipinski definition) is 1. The second-order valence-corrected chi connectivity index (χ2v) is 8.73. The van der Waals surface area contributed by atoms with Crippen LogP contribution in [0.1, 0.15) is 63.4 Å². The second kappa shape index (κ2) is 7.76. The first-order valence-corrected chi connectivity index (χ1v) is 9.89. The minimum Gasteiger partial charge on any atom is -0.444 e. The molecule has 1 saturated carbocycles. The minimum atomic E-state index is -0.543. The molecule has 1 aromatic rings. The first-order chi connectivity index (χ1) is 12.7. The van der Waals surface area contributed by atoms with Gasteiger partial charge in [-0.1, -0.05) is 6.07 Å². The number of rotatable bonds is 5. The molecule has 2 unspecified atom stereocenters. The number of nitrogens with one attached hydrogen (secondary N) is 1. The second-order valence-electron chi connectivity index (χ2n) is 8.73. The highest BCUT2D eigenvalue weighted by molar-refractivity contribution is 5.70. The van der Waals surface area contributed by atoms with Crippen molar-refractivity contribution in [3.63, 3.8) is 0 Å². The van der Waals surface area contributed by atoms with E-state index in [0.717, 1.165) is 49.2 Å². The van der Waals surface area contributed by atoms with E-state index in [4.69, 9.17) is 19.2 Å². The van der Waals surface area contributed by atoms with Gasteiger partial charge >= 0.3 is 6.09 Å². The van der Waals surface area contributed by atoms with Gasteiger partial charge in [-0.2, -0.15) is 0 Å². The summed E-state index contributed by atoms with van der Waals surface area (Å²) >= 11 is 0. The van der Waals surface area contributed by atoms with E-state index in [-0.39, 0.29) is 12.2 Å². The molecule has 1 saturated heterocycles. The predicted octanol–water partition coefficient (Wildman–Crippen LogP) is 3.98. The first-order valence-electron chi connectivity index (χ1n) is 9.89. The number of aryl methyl sites for hydroxylation is 2. The smallest absolute Gasteiger partial charge is 0.408 e. The van der Waals surface area contributed by atoms with Gasteiger partial charge in [0.15, 0.2) is 6.29 Å². The number of hydrogen-bond acceptors (Lipinski definition) is 5. The molecule has 1 aliphatic carbocycles. The van der Waals surface area contributed by atoms with E-state index >= 15 is 0 Å². The van der Waals surface area contributed by atoms with E-state index in [0.29, 0.717) is 6.61 Å². The Bertz CT molecular complexity index is 679. The molecule has 1 N–H and O–H groups in total. The molecule has 1 aliphatic heterocycles. The lowest BCUT2D eigenvalue weighted by Gasteiger charge is -2.26. The van der Waals surface area contributed by atoms with Gasteiger partial charge in [-0.05, 0) is 71.9 Å². The summed E-state index contributed by atoms with van der Waals surface area (Å²) in [6.07, 6.45) is 3.40. The van der Waals surface area contributed by atoms with E-state index in [2.05, 4.69) is 11.4 Å². The van der Waals surface area contributed by atoms with Gasteiger partial charge < -0.3 is 19.5 Å². The van der Waals surface area contributed by atoms with Crippen molar-refractivity contribution < 1.29 is 19.0 Å². The molecule has 0 radical (unpaired) electrons. The van der Waals surface area contributed by atoms with Crippen molar-refractivity contribution in [2.24, 2.45) is 5.92 Å². The Labute approximate surface area is 162 Å². The predicted molar refractivity (Wildman–Crippen MR) is 102 cm³/mol. The van der Waals surface area contributed by atoms with E-state index in [9.17, 15) is 4.79 Å². The van der Waals surface area contributed by atoms with Crippen molar-refractivity contribution in [3.8, 4) is 0 Å². The van der Waals surface area contributed by atoms with Crippen LogP contribution in [0.3, 0.4) is 0 Å². The molecule has 2 heterocycles. The minimum absolute atomic E-state index is 0.133. The molecule has 1 aromatic heterocycles. The van der Waals surface area contributed by atoms with E-state index in [1.54, 1.807) is 0 Å². The van der Waals surface area contributed by atoms with Crippen LogP contribution in [-0.4, -0.2) is 36.2 Å². The average molecular weight is 376 g/mol. The summed E-state index contributed by atoms with van der Waals surface area (Å²) in [4.78, 5) is 17.2. The van der Waals surface area contributed by atoms with Crippen LogP contribution < -0.4 is 5.32 Å². The maximum atomic E-state index is 12.5. The van der Waals surface area contributed by atoms with Gasteiger partial charge in [-0.25, -0.2) is 4.79 Å². The normalized spacial score (nSPS) is 27.9. The fourth-order valence-corrected chi connectivity index (χ4v) is 3.49. The van der Waals surface area contributed by atoms with Crippen LogP contribution in [0.4, 0.5) is 4.79 Å². The Kier molecular flexibility index (Phi) is 5.77. The molecule has 3 atom stereocenters. The van der Waals surface area contributed by atoms with Gasteiger partial charge in [-0.3, -0.25) is 4.98 Å². The highest BCUT2D eigenvalue weighted by Crippen LogP contribution is 2.52. The lowest BCUT2D eigenvalue weighted by atomic mass is 10.1. The van der Waals surface area contributed by atoms with Gasteiger partial charge in [0, 0.05) is 18.2 Å². The van der Waals surface area contributed by atoms with Gasteiger partial charge in [-0.15, -0.1) is 0 Å². The van der Waals surface area contributed by atoms with Gasteiger partial charge in [0.2, 0.25) is 0 Å². The lowest BCUT2D eigenvalue weighted by molar-refractivity contribution is -0.165. The zero-order valence-electron chi connectivity index (χ0n) is 17.1. The molecular weight excluding hydrogens is 344 g/mol. The maximum absolute atomic E-state index is 12.5. The third-order valence-electron chi connectivity index (χ3n) is 5.26. The van der Waals surface area contributed by atoms with Crippen LogP contribution in [0.15, 0.2) is 12.1 Å². The van der Waals surface area contributed by atoms with Crippen LogP contribution in [-0.2, 0) is 19.7 Å². The summed E-state index contributed by atoms with van der Waals surface area (Å²) in [5, 5.41) is 3.08. The number of aromatic nitrogens is 1. The van der Waals surface area contributed by atoms with Gasteiger partial charge in [0.1, 0.15) is 5.60 Å². The first kappa shape index (κ1) is 20.1. The highest BCUT2D eigenvalue weighted by Gasteiger charge is 2.58. The summed E-state index contributed by atoms with van der Waals surface area (Å²) < 4.78 is 17.1. The number of carbonyl (C=O) groups is 1. The molecule has 150 valence electrons. The van der Waals surface area contributed by atoms with Crippen molar-refractivity contribution in [3.05, 3.63) is 29.1 Å². The SMILES string of the molecule is Cc1ccc(C2(NC(=O)OC(C)(C)C)C[C@H]2COC2CCCCO2)nc1C. The van der Waals surface area contributed by atoms with E-state index in [1.165, 1.54) is 0 Å². The monoisotopic (exact) mass is 376 g/mol. The van der Waals surface area contributed by atoms with Crippen molar-refractivity contribution in [1.82, 2.24) is 10.3 Å². The molecule has 6 nitrogen and oxygen atoms in total. The number of nitrogens with zero attached hydrogens (tertiary/aromatic N) is 1. The van der Waals surface area contributed by atoms with Crippen LogP contribution in [0.25, 0.3) is 0 Å². The molecule has 0 aromatic carbocycles. The molecule has 27 heavy (non-hydrogen) atoms. The standard InChI is InChI=1S/C21H32N2O4/c1-14-9-10-17(22-15(14)2)21(23-19(24)27-20(3,4)5)12-16(21)13-26-18-8-6-7-11-25-18/h9-10,16,18H,6-8,11-13H2,1-5H3,(H,23,24)/t16-,18?,21?/m0/s1. The zero-order chi connectivity index (χ0) is 19.7. The third kappa shape index (κ3) is 4.99. The Morgan fingerprint density at radius 2 is 2.11 bits per heavy atom.